The summed E-state index contributed by atoms with van der Waals surface area (Å²) in [6, 6.07) is 25.9. The monoisotopic (exact) mass is 426 g/mol. The third-order valence-corrected chi connectivity index (χ3v) is 6.65. The lowest BCUT2D eigenvalue weighted by Gasteiger charge is -2.28. The van der Waals surface area contributed by atoms with E-state index in [1.807, 2.05) is 79.7 Å². The molecule has 0 aliphatic heterocycles. The van der Waals surface area contributed by atoms with Crippen LogP contribution in [0.2, 0.25) is 0 Å². The van der Waals surface area contributed by atoms with Crippen LogP contribution in [0.25, 0.3) is 21.3 Å². The lowest BCUT2D eigenvalue weighted by Crippen LogP contribution is -2.43. The van der Waals surface area contributed by atoms with Crippen LogP contribution in [-0.4, -0.2) is 20.9 Å². The van der Waals surface area contributed by atoms with Gasteiger partial charge in [-0.25, -0.2) is 9.97 Å². The maximum absolute atomic E-state index is 13.5. The first-order valence-corrected chi connectivity index (χ1v) is 11.1. The summed E-state index contributed by atoms with van der Waals surface area (Å²) in [4.78, 5) is 26.1. The molecule has 0 fully saturated rings. The standard InChI is InChI=1S/C25H22N4OS/c1-25(17-9-3-2-4-10-17,15-23-29-20-13-7-8-14-21(20)31-23)24(30)26-16-22-27-18-11-5-6-12-19(18)28-22/h2-14H,15-16H2,1H3,(H,26,30)(H,27,28). The van der Waals surface area contributed by atoms with Crippen LogP contribution in [0.1, 0.15) is 23.3 Å². The fourth-order valence-electron chi connectivity index (χ4n) is 3.87. The number of carbonyl (C=O) groups is 1. The summed E-state index contributed by atoms with van der Waals surface area (Å²) < 4.78 is 1.13. The minimum Gasteiger partial charge on any atom is -0.348 e. The Kier molecular flexibility index (Phi) is 5.00. The van der Waals surface area contributed by atoms with Crippen LogP contribution in [0, 0.1) is 0 Å². The Bertz CT molecular complexity index is 1290. The van der Waals surface area contributed by atoms with E-state index >= 15 is 0 Å². The number of nitrogens with zero attached hydrogens (tertiary/aromatic N) is 2. The molecule has 0 aliphatic rings. The van der Waals surface area contributed by atoms with Crippen LogP contribution in [0.4, 0.5) is 0 Å². The minimum absolute atomic E-state index is 0.0431. The number of nitrogens with one attached hydrogen (secondary N) is 2. The van der Waals surface area contributed by atoms with Gasteiger partial charge < -0.3 is 10.3 Å². The molecule has 0 aliphatic carbocycles. The number of fused-ring (bicyclic) bond motifs is 2. The van der Waals surface area contributed by atoms with E-state index in [4.69, 9.17) is 4.98 Å². The summed E-state index contributed by atoms with van der Waals surface area (Å²) in [5.74, 6) is 0.698. The number of hydrogen-bond donors (Lipinski definition) is 2. The van der Waals surface area contributed by atoms with E-state index < -0.39 is 5.41 Å². The van der Waals surface area contributed by atoms with Crippen molar-refractivity contribution in [1.29, 1.82) is 0 Å². The third kappa shape index (κ3) is 3.82. The fourth-order valence-corrected chi connectivity index (χ4v) is 4.99. The van der Waals surface area contributed by atoms with E-state index in [-0.39, 0.29) is 5.91 Å². The Labute approximate surface area is 184 Å². The van der Waals surface area contributed by atoms with Crippen LogP contribution in [0.15, 0.2) is 78.9 Å². The molecule has 0 saturated carbocycles. The Morgan fingerprint density at radius 3 is 2.42 bits per heavy atom. The summed E-state index contributed by atoms with van der Waals surface area (Å²) >= 11 is 1.64. The summed E-state index contributed by atoms with van der Waals surface area (Å²) in [6.07, 6.45) is 0.530. The molecule has 154 valence electrons. The maximum Gasteiger partial charge on any atom is 0.231 e. The van der Waals surface area contributed by atoms with Gasteiger partial charge in [0, 0.05) is 6.42 Å². The van der Waals surface area contributed by atoms with Gasteiger partial charge in [0.25, 0.3) is 0 Å². The molecule has 0 bridgehead atoms. The molecule has 1 amide bonds. The molecule has 6 heteroatoms. The van der Waals surface area contributed by atoms with Crippen molar-refractivity contribution in [3.8, 4) is 0 Å². The van der Waals surface area contributed by atoms with E-state index in [0.29, 0.717) is 13.0 Å². The van der Waals surface area contributed by atoms with E-state index in [9.17, 15) is 4.79 Å². The first kappa shape index (κ1) is 19.5. The number of carbonyl (C=O) groups excluding carboxylic acids is 1. The number of benzene rings is 3. The maximum atomic E-state index is 13.5. The normalized spacial score (nSPS) is 13.3. The van der Waals surface area contributed by atoms with E-state index in [1.54, 1.807) is 11.3 Å². The minimum atomic E-state index is -0.749. The number of amides is 1. The van der Waals surface area contributed by atoms with Crippen LogP contribution in [0.3, 0.4) is 0 Å². The average Bonchev–Trinajstić information content (AvgIpc) is 3.40. The molecule has 2 heterocycles. The number of H-pyrrole nitrogens is 1. The van der Waals surface area contributed by atoms with E-state index in [1.165, 1.54) is 0 Å². The molecule has 0 spiro atoms. The number of thiazole rings is 1. The average molecular weight is 427 g/mol. The van der Waals surface area contributed by atoms with Gasteiger partial charge in [-0.3, -0.25) is 4.79 Å². The number of imidazole rings is 1. The molecule has 5 nitrogen and oxygen atoms in total. The summed E-state index contributed by atoms with van der Waals surface area (Å²) in [5, 5.41) is 4.05. The molecular formula is C25H22N4OS. The first-order chi connectivity index (χ1) is 15.1. The lowest BCUT2D eigenvalue weighted by molar-refractivity contribution is -0.126. The molecule has 5 rings (SSSR count). The largest absolute Gasteiger partial charge is 0.348 e. The molecular weight excluding hydrogens is 404 g/mol. The molecule has 2 aromatic heterocycles. The zero-order valence-electron chi connectivity index (χ0n) is 17.1. The van der Waals surface area contributed by atoms with Crippen molar-refractivity contribution >= 4 is 38.5 Å². The number of aromatic nitrogens is 3. The Balaban J connectivity index is 1.42. The number of para-hydroxylation sites is 3. The Hall–Kier alpha value is -3.51. The molecule has 0 radical (unpaired) electrons. The SMILES string of the molecule is CC(Cc1nc2ccccc2s1)(C(=O)NCc1nc2ccccc2[nH]1)c1ccccc1. The van der Waals surface area contributed by atoms with Gasteiger partial charge in [-0.2, -0.15) is 0 Å². The summed E-state index contributed by atoms with van der Waals surface area (Å²) in [7, 11) is 0. The van der Waals surface area contributed by atoms with Gasteiger partial charge in [0.1, 0.15) is 5.82 Å². The molecule has 3 aromatic carbocycles. The van der Waals surface area contributed by atoms with Gasteiger partial charge in [0.05, 0.1) is 38.2 Å². The lowest BCUT2D eigenvalue weighted by atomic mass is 9.78. The highest BCUT2D eigenvalue weighted by atomic mass is 32.1. The van der Waals surface area contributed by atoms with Crippen molar-refractivity contribution in [3.63, 3.8) is 0 Å². The van der Waals surface area contributed by atoms with Gasteiger partial charge >= 0.3 is 0 Å². The second kappa shape index (κ2) is 7.96. The highest BCUT2D eigenvalue weighted by molar-refractivity contribution is 7.18. The van der Waals surface area contributed by atoms with Crippen molar-refractivity contribution in [2.24, 2.45) is 0 Å². The molecule has 31 heavy (non-hydrogen) atoms. The predicted molar refractivity (Wildman–Crippen MR) is 125 cm³/mol. The quantitative estimate of drug-likeness (QED) is 0.402. The van der Waals surface area contributed by atoms with E-state index in [0.717, 1.165) is 37.6 Å². The number of rotatable bonds is 6. The predicted octanol–water partition coefficient (Wildman–Crippen LogP) is 4.99. The smallest absolute Gasteiger partial charge is 0.231 e. The van der Waals surface area contributed by atoms with Gasteiger partial charge in [0.15, 0.2) is 0 Å². The van der Waals surface area contributed by atoms with Crippen molar-refractivity contribution in [2.75, 3.05) is 0 Å². The number of hydrogen-bond acceptors (Lipinski definition) is 4. The fraction of sp³-hybridized carbons (Fsp3) is 0.160. The van der Waals surface area contributed by atoms with Crippen molar-refractivity contribution < 1.29 is 4.79 Å². The van der Waals surface area contributed by atoms with Gasteiger partial charge in [-0.15, -0.1) is 11.3 Å². The van der Waals surface area contributed by atoms with Gasteiger partial charge in [-0.1, -0.05) is 54.6 Å². The first-order valence-electron chi connectivity index (χ1n) is 10.2. The highest BCUT2D eigenvalue weighted by Gasteiger charge is 2.36. The van der Waals surface area contributed by atoms with E-state index in [2.05, 4.69) is 21.4 Å². The van der Waals surface area contributed by atoms with Crippen molar-refractivity contribution in [3.05, 3.63) is 95.3 Å². The summed E-state index contributed by atoms with van der Waals surface area (Å²) in [5.41, 5.74) is 3.05. The molecule has 2 N–H and O–H groups in total. The number of aromatic amines is 1. The highest BCUT2D eigenvalue weighted by Crippen LogP contribution is 2.32. The van der Waals surface area contributed by atoms with Crippen LogP contribution in [-0.2, 0) is 23.2 Å². The second-order valence-electron chi connectivity index (χ2n) is 7.83. The van der Waals surface area contributed by atoms with Crippen LogP contribution < -0.4 is 5.32 Å². The molecule has 1 unspecified atom stereocenters. The zero-order chi connectivity index (χ0) is 21.3. The van der Waals surface area contributed by atoms with Gasteiger partial charge in [-0.05, 0) is 36.8 Å². The van der Waals surface area contributed by atoms with Crippen LogP contribution >= 0.6 is 11.3 Å². The van der Waals surface area contributed by atoms with Gasteiger partial charge in [0.2, 0.25) is 5.91 Å². The van der Waals surface area contributed by atoms with Crippen LogP contribution in [0.5, 0.6) is 0 Å². The molecule has 0 saturated heterocycles. The van der Waals surface area contributed by atoms with Crippen molar-refractivity contribution in [1.82, 2.24) is 20.3 Å². The third-order valence-electron chi connectivity index (χ3n) is 5.61. The molecule has 1 atom stereocenters. The Morgan fingerprint density at radius 1 is 0.935 bits per heavy atom. The van der Waals surface area contributed by atoms with Crippen molar-refractivity contribution in [2.45, 2.75) is 25.3 Å². The zero-order valence-corrected chi connectivity index (χ0v) is 17.9. The second-order valence-corrected chi connectivity index (χ2v) is 8.95. The topological polar surface area (TPSA) is 70.7 Å². The Morgan fingerprint density at radius 2 is 1.65 bits per heavy atom. The molecule has 5 aromatic rings. The summed E-state index contributed by atoms with van der Waals surface area (Å²) in [6.45, 7) is 2.33.